The Labute approximate surface area is 129 Å². The number of aliphatic hydroxyl groups is 1. The van der Waals surface area contributed by atoms with Crippen molar-refractivity contribution in [2.45, 2.75) is 50.7 Å². The highest BCUT2D eigenvalue weighted by molar-refractivity contribution is 6.30. The minimum atomic E-state index is -1.36. The number of allylic oxidation sites excluding steroid dienone is 1. The molecule has 1 aromatic rings. The largest absolute Gasteiger partial charge is 0.386 e. The van der Waals surface area contributed by atoms with E-state index in [1.807, 2.05) is 25.1 Å². The van der Waals surface area contributed by atoms with Gasteiger partial charge in [-0.2, -0.15) is 0 Å². The van der Waals surface area contributed by atoms with Crippen molar-refractivity contribution in [3.63, 3.8) is 0 Å². The van der Waals surface area contributed by atoms with Crippen LogP contribution in [0.15, 0.2) is 35.9 Å². The van der Waals surface area contributed by atoms with Crippen LogP contribution >= 0.6 is 11.6 Å². The smallest absolute Gasteiger partial charge is 0.116 e. The van der Waals surface area contributed by atoms with E-state index in [2.05, 4.69) is 0 Å². The zero-order valence-corrected chi connectivity index (χ0v) is 13.0. The highest BCUT2D eigenvalue weighted by atomic mass is 35.5. The third-order valence-corrected chi connectivity index (χ3v) is 5.04. The monoisotopic (exact) mass is 310 g/mol. The molecule has 1 heterocycles. The molecule has 2 nitrogen and oxygen atoms in total. The van der Waals surface area contributed by atoms with E-state index in [9.17, 15) is 5.11 Å². The Morgan fingerprint density at radius 3 is 2.67 bits per heavy atom. The molecular weight excluding hydrogens is 291 g/mol. The van der Waals surface area contributed by atoms with E-state index in [-0.39, 0.29) is 12.0 Å². The maximum absolute atomic E-state index is 15.1. The molecule has 3 rings (SSSR count). The zero-order valence-electron chi connectivity index (χ0n) is 12.2. The summed E-state index contributed by atoms with van der Waals surface area (Å²) in [7, 11) is 0. The Morgan fingerprint density at radius 1 is 1.33 bits per heavy atom. The molecule has 21 heavy (non-hydrogen) atoms. The molecule has 114 valence electrons. The number of alkyl halides is 1. The molecule has 1 saturated heterocycles. The lowest BCUT2D eigenvalue weighted by Crippen LogP contribution is -2.53. The van der Waals surface area contributed by atoms with Gasteiger partial charge >= 0.3 is 0 Å². The van der Waals surface area contributed by atoms with Crippen molar-refractivity contribution < 1.29 is 14.2 Å². The number of hydrogen-bond acceptors (Lipinski definition) is 2. The Balaban J connectivity index is 1.90. The van der Waals surface area contributed by atoms with Crippen LogP contribution in [0.1, 0.15) is 38.4 Å². The summed E-state index contributed by atoms with van der Waals surface area (Å²) in [6.07, 6.45) is 1.28. The maximum Gasteiger partial charge on any atom is 0.116 e. The van der Waals surface area contributed by atoms with Crippen molar-refractivity contribution in [2.75, 3.05) is 0 Å². The van der Waals surface area contributed by atoms with Crippen LogP contribution < -0.4 is 0 Å². The number of halogens is 2. The Morgan fingerprint density at radius 2 is 2.00 bits per heavy atom. The number of benzene rings is 1. The van der Waals surface area contributed by atoms with E-state index in [0.29, 0.717) is 17.9 Å². The van der Waals surface area contributed by atoms with E-state index in [0.717, 1.165) is 11.1 Å². The van der Waals surface area contributed by atoms with Gasteiger partial charge in [0.05, 0.1) is 12.2 Å². The summed E-state index contributed by atoms with van der Waals surface area (Å²) >= 11 is 5.90. The van der Waals surface area contributed by atoms with Gasteiger partial charge < -0.3 is 9.84 Å². The van der Waals surface area contributed by atoms with Crippen molar-refractivity contribution in [3.8, 4) is 0 Å². The Bertz CT molecular complexity index is 552. The van der Waals surface area contributed by atoms with Crippen molar-refractivity contribution in [3.05, 3.63) is 46.5 Å². The summed E-state index contributed by atoms with van der Waals surface area (Å²) in [5.74, 6) is -0.292. The topological polar surface area (TPSA) is 29.5 Å². The average molecular weight is 311 g/mol. The molecule has 2 aliphatic rings. The first-order valence-corrected chi connectivity index (χ1v) is 7.71. The summed E-state index contributed by atoms with van der Waals surface area (Å²) in [4.78, 5) is 0. The van der Waals surface area contributed by atoms with E-state index in [1.165, 1.54) is 0 Å². The van der Waals surface area contributed by atoms with Crippen LogP contribution in [-0.2, 0) is 4.74 Å². The number of rotatable bonds is 1. The summed E-state index contributed by atoms with van der Waals surface area (Å²) in [5, 5.41) is 11.0. The molecule has 1 fully saturated rings. The molecule has 2 unspecified atom stereocenters. The highest BCUT2D eigenvalue weighted by Crippen LogP contribution is 2.48. The fourth-order valence-electron chi connectivity index (χ4n) is 3.43. The van der Waals surface area contributed by atoms with Crippen LogP contribution in [0.5, 0.6) is 0 Å². The minimum absolute atomic E-state index is 0.292. The SMILES string of the molecule is CC1=CC[C@@H]2[C@@H](OC(c3ccc(Cl)cc3)CC2(C)F)[C@@H]1O. The highest BCUT2D eigenvalue weighted by Gasteiger charge is 2.51. The standard InChI is InChI=1S/C17H20ClFO2/c1-10-3-8-13-16(15(10)20)21-14(9-17(13,2)19)11-4-6-12(18)7-5-11/h3-7,13-16,20H,8-9H2,1-2H3/t13-,14?,15-,16-,17?/m1/s1. The zero-order chi connectivity index (χ0) is 15.2. The van der Waals surface area contributed by atoms with Crippen molar-refractivity contribution in [1.82, 2.24) is 0 Å². The quantitative estimate of drug-likeness (QED) is 0.787. The lowest BCUT2D eigenvalue weighted by molar-refractivity contribution is -0.183. The van der Waals surface area contributed by atoms with Gasteiger partial charge in [0.1, 0.15) is 11.8 Å². The third kappa shape index (κ3) is 2.75. The van der Waals surface area contributed by atoms with Gasteiger partial charge in [-0.1, -0.05) is 29.8 Å². The minimum Gasteiger partial charge on any atom is -0.386 e. The van der Waals surface area contributed by atoms with Gasteiger partial charge in [-0.25, -0.2) is 4.39 Å². The van der Waals surface area contributed by atoms with Crippen molar-refractivity contribution in [1.29, 1.82) is 0 Å². The summed E-state index contributed by atoms with van der Waals surface area (Å²) in [6, 6.07) is 7.29. The van der Waals surface area contributed by atoms with E-state index < -0.39 is 17.9 Å². The predicted molar refractivity (Wildman–Crippen MR) is 81.1 cm³/mol. The second kappa shape index (κ2) is 5.38. The number of ether oxygens (including phenoxy) is 1. The van der Waals surface area contributed by atoms with Crippen LogP contribution in [-0.4, -0.2) is 23.0 Å². The number of hydrogen-bond donors (Lipinski definition) is 1. The van der Waals surface area contributed by atoms with E-state index in [4.69, 9.17) is 16.3 Å². The first-order chi connectivity index (χ1) is 9.88. The van der Waals surface area contributed by atoms with E-state index in [1.54, 1.807) is 19.1 Å². The van der Waals surface area contributed by atoms with Crippen LogP contribution in [0.2, 0.25) is 5.02 Å². The molecule has 5 atom stereocenters. The predicted octanol–water partition coefficient (Wildman–Crippen LogP) is 4.23. The molecular formula is C17H20ClFO2. The van der Waals surface area contributed by atoms with Gasteiger partial charge in [-0.15, -0.1) is 0 Å². The van der Waals surface area contributed by atoms with Crippen LogP contribution in [0.4, 0.5) is 4.39 Å². The van der Waals surface area contributed by atoms with Gasteiger partial charge in [-0.3, -0.25) is 0 Å². The Hall–Kier alpha value is -0.900. The third-order valence-electron chi connectivity index (χ3n) is 4.79. The van der Waals surface area contributed by atoms with E-state index >= 15 is 4.39 Å². The number of aliphatic hydroxyl groups excluding tert-OH is 1. The Kier molecular flexibility index (Phi) is 3.85. The molecule has 1 aromatic carbocycles. The molecule has 0 amide bonds. The van der Waals surface area contributed by atoms with Crippen molar-refractivity contribution >= 4 is 11.6 Å². The van der Waals surface area contributed by atoms with Gasteiger partial charge in [0, 0.05) is 17.4 Å². The fourth-order valence-corrected chi connectivity index (χ4v) is 3.56. The first kappa shape index (κ1) is 15.0. The normalized spacial score (nSPS) is 39.6. The molecule has 0 bridgehead atoms. The molecule has 1 aliphatic carbocycles. The van der Waals surface area contributed by atoms with Crippen LogP contribution in [0.25, 0.3) is 0 Å². The maximum atomic E-state index is 15.1. The second-order valence-corrected chi connectivity index (χ2v) is 6.79. The second-order valence-electron chi connectivity index (χ2n) is 6.36. The van der Waals surface area contributed by atoms with Crippen LogP contribution in [0, 0.1) is 5.92 Å². The van der Waals surface area contributed by atoms with Crippen molar-refractivity contribution in [2.24, 2.45) is 5.92 Å². The molecule has 1 N–H and O–H groups in total. The molecule has 0 aromatic heterocycles. The first-order valence-electron chi connectivity index (χ1n) is 7.33. The summed E-state index contributed by atoms with van der Waals surface area (Å²) in [6.45, 7) is 3.49. The van der Waals surface area contributed by atoms with Gasteiger partial charge in [0.2, 0.25) is 0 Å². The summed E-state index contributed by atoms with van der Waals surface area (Å²) < 4.78 is 21.1. The van der Waals surface area contributed by atoms with Gasteiger partial charge in [0.25, 0.3) is 0 Å². The summed E-state index contributed by atoms with van der Waals surface area (Å²) in [5.41, 5.74) is 0.413. The molecule has 0 saturated carbocycles. The van der Waals surface area contributed by atoms with Gasteiger partial charge in [0.15, 0.2) is 0 Å². The lowest BCUT2D eigenvalue weighted by Gasteiger charge is -2.48. The molecule has 4 heteroatoms. The fraction of sp³-hybridized carbons (Fsp3) is 0.529. The molecule has 1 aliphatic heterocycles. The van der Waals surface area contributed by atoms with Gasteiger partial charge in [-0.05, 0) is 43.5 Å². The lowest BCUT2D eigenvalue weighted by atomic mass is 9.71. The number of fused-ring (bicyclic) bond motifs is 1. The average Bonchev–Trinajstić information content (AvgIpc) is 2.43. The van der Waals surface area contributed by atoms with Crippen LogP contribution in [0.3, 0.4) is 0 Å². The molecule has 0 spiro atoms. The molecule has 0 radical (unpaired) electrons.